The number of anilines is 1. The first kappa shape index (κ1) is 26.6. The summed E-state index contributed by atoms with van der Waals surface area (Å²) >= 11 is 1.82. The van der Waals surface area contributed by atoms with Gasteiger partial charge in [0.25, 0.3) is 0 Å². The summed E-state index contributed by atoms with van der Waals surface area (Å²) in [4.78, 5) is 38.2. The second-order valence-electron chi connectivity index (χ2n) is 9.38. The molecule has 3 heterocycles. The molecule has 1 saturated heterocycles. The zero-order valence-electron chi connectivity index (χ0n) is 21.8. The Labute approximate surface area is 229 Å². The standard InChI is InChI=1S/C28H29FN6O3S/c1-18(36)30-13-22-15-35(28(37)38-22)21-9-10-23(24(29)12-21)20-7-5-19(6-8-20)14-34-17-33-26-25(4-3-11-39-2)31-16-32-27(26)34/h5-10,12,16-17,22H,3-4,11,13-15H2,1-2H3,(H,30,36)/t22-/m0/s1. The highest BCUT2D eigenvalue weighted by molar-refractivity contribution is 7.98. The molecule has 1 atom stereocenters. The van der Waals surface area contributed by atoms with Gasteiger partial charge in [0, 0.05) is 12.5 Å². The lowest BCUT2D eigenvalue weighted by Gasteiger charge is -2.15. The predicted octanol–water partition coefficient (Wildman–Crippen LogP) is 4.44. The maximum Gasteiger partial charge on any atom is 0.414 e. The molecule has 1 aliphatic rings. The Morgan fingerprint density at radius 2 is 2.00 bits per heavy atom. The second kappa shape index (κ2) is 11.8. The van der Waals surface area contributed by atoms with Crippen LogP contribution in [0.4, 0.5) is 14.9 Å². The minimum absolute atomic E-state index is 0.204. The number of benzene rings is 2. The van der Waals surface area contributed by atoms with E-state index in [0.717, 1.165) is 46.6 Å². The maximum absolute atomic E-state index is 15.1. The topological polar surface area (TPSA) is 102 Å². The van der Waals surface area contributed by atoms with Crippen molar-refractivity contribution in [2.24, 2.45) is 0 Å². The number of hydrogen-bond donors (Lipinski definition) is 1. The summed E-state index contributed by atoms with van der Waals surface area (Å²) in [5.74, 6) is 0.432. The number of nitrogens with one attached hydrogen (secondary N) is 1. The molecular formula is C28H29FN6O3S. The Hall–Kier alpha value is -3.99. The molecule has 2 amide bonds. The number of cyclic esters (lactones) is 1. The van der Waals surface area contributed by atoms with E-state index >= 15 is 4.39 Å². The van der Waals surface area contributed by atoms with Crippen LogP contribution in [0.3, 0.4) is 0 Å². The summed E-state index contributed by atoms with van der Waals surface area (Å²) < 4.78 is 22.4. The number of nitrogens with zero attached hydrogens (tertiary/aromatic N) is 5. The molecular weight excluding hydrogens is 519 g/mol. The molecule has 0 unspecified atom stereocenters. The van der Waals surface area contributed by atoms with Crippen LogP contribution in [0, 0.1) is 5.82 Å². The third-order valence-corrected chi connectivity index (χ3v) is 7.27. The number of ether oxygens (including phenoxy) is 1. The summed E-state index contributed by atoms with van der Waals surface area (Å²) in [5, 5.41) is 2.63. The first-order chi connectivity index (χ1) is 18.9. The quantitative estimate of drug-likeness (QED) is 0.292. The van der Waals surface area contributed by atoms with Crippen molar-refractivity contribution in [3.8, 4) is 11.1 Å². The summed E-state index contributed by atoms with van der Waals surface area (Å²) in [6, 6.07) is 12.4. The fourth-order valence-electron chi connectivity index (χ4n) is 4.60. The third-order valence-electron chi connectivity index (χ3n) is 6.57. The number of hydrogen-bond acceptors (Lipinski definition) is 7. The molecule has 11 heteroatoms. The molecule has 5 rings (SSSR count). The van der Waals surface area contributed by atoms with Crippen molar-refractivity contribution in [2.45, 2.75) is 32.4 Å². The van der Waals surface area contributed by atoms with Gasteiger partial charge in [0.2, 0.25) is 5.91 Å². The summed E-state index contributed by atoms with van der Waals surface area (Å²) in [6.07, 6.45) is 6.34. The molecule has 202 valence electrons. The molecule has 1 aliphatic heterocycles. The van der Waals surface area contributed by atoms with Crippen LogP contribution in [0.2, 0.25) is 0 Å². The highest BCUT2D eigenvalue weighted by Gasteiger charge is 2.32. The van der Waals surface area contributed by atoms with E-state index in [1.165, 1.54) is 17.9 Å². The van der Waals surface area contributed by atoms with Crippen molar-refractivity contribution in [2.75, 3.05) is 30.0 Å². The Morgan fingerprint density at radius 1 is 1.18 bits per heavy atom. The SMILES string of the molecule is CSCCCc1ncnc2c1ncn2Cc1ccc(-c2ccc(N3C[C@H](CNC(C)=O)OC3=O)cc2F)cc1. The van der Waals surface area contributed by atoms with E-state index in [1.807, 2.05) is 40.6 Å². The van der Waals surface area contributed by atoms with Gasteiger partial charge >= 0.3 is 6.09 Å². The molecule has 0 spiro atoms. The average Bonchev–Trinajstić information content (AvgIpc) is 3.51. The largest absolute Gasteiger partial charge is 0.442 e. The van der Waals surface area contributed by atoms with Crippen LogP contribution in [0.1, 0.15) is 24.6 Å². The number of amides is 2. The van der Waals surface area contributed by atoms with Crippen molar-refractivity contribution in [3.05, 3.63) is 72.2 Å². The van der Waals surface area contributed by atoms with Gasteiger partial charge in [-0.15, -0.1) is 0 Å². The second-order valence-corrected chi connectivity index (χ2v) is 10.4. The fraction of sp³-hybridized carbons (Fsp3) is 0.321. The monoisotopic (exact) mass is 548 g/mol. The normalized spacial score (nSPS) is 15.1. The first-order valence-electron chi connectivity index (χ1n) is 12.7. The van der Waals surface area contributed by atoms with Crippen LogP contribution < -0.4 is 10.2 Å². The van der Waals surface area contributed by atoms with E-state index in [4.69, 9.17) is 4.74 Å². The molecule has 1 N–H and O–H groups in total. The number of imidazole rings is 1. The fourth-order valence-corrected chi connectivity index (χ4v) is 5.03. The number of fused-ring (bicyclic) bond motifs is 1. The van der Waals surface area contributed by atoms with Gasteiger partial charge in [0.1, 0.15) is 23.8 Å². The van der Waals surface area contributed by atoms with E-state index in [9.17, 15) is 9.59 Å². The van der Waals surface area contributed by atoms with Crippen molar-refractivity contribution in [1.29, 1.82) is 0 Å². The van der Waals surface area contributed by atoms with Gasteiger partial charge in [-0.05, 0) is 54.2 Å². The van der Waals surface area contributed by atoms with Crippen LogP contribution in [0.25, 0.3) is 22.3 Å². The Bertz CT molecular complexity index is 1490. The molecule has 0 bridgehead atoms. The molecule has 2 aromatic carbocycles. The summed E-state index contributed by atoms with van der Waals surface area (Å²) in [6.45, 7) is 2.43. The summed E-state index contributed by atoms with van der Waals surface area (Å²) in [5.41, 5.74) is 5.20. The number of rotatable bonds is 10. The lowest BCUT2D eigenvalue weighted by molar-refractivity contribution is -0.119. The zero-order chi connectivity index (χ0) is 27.4. The highest BCUT2D eigenvalue weighted by Crippen LogP contribution is 2.29. The number of aromatic nitrogens is 4. The molecule has 1 fully saturated rings. The van der Waals surface area contributed by atoms with E-state index in [1.54, 1.807) is 24.8 Å². The number of carbonyl (C=O) groups excluding carboxylic acids is 2. The van der Waals surface area contributed by atoms with Crippen molar-refractivity contribution in [1.82, 2.24) is 24.8 Å². The van der Waals surface area contributed by atoms with Gasteiger partial charge < -0.3 is 14.6 Å². The summed E-state index contributed by atoms with van der Waals surface area (Å²) in [7, 11) is 0. The smallest absolute Gasteiger partial charge is 0.414 e. The Morgan fingerprint density at radius 3 is 2.74 bits per heavy atom. The van der Waals surface area contributed by atoms with Crippen LogP contribution >= 0.6 is 11.8 Å². The Kier molecular flexibility index (Phi) is 8.06. The maximum atomic E-state index is 15.1. The van der Waals surface area contributed by atoms with Gasteiger partial charge in [0.15, 0.2) is 5.65 Å². The van der Waals surface area contributed by atoms with E-state index in [-0.39, 0.29) is 19.0 Å². The van der Waals surface area contributed by atoms with Gasteiger partial charge in [0.05, 0.1) is 37.3 Å². The minimum Gasteiger partial charge on any atom is -0.442 e. The number of thioether (sulfide) groups is 1. The minimum atomic E-state index is -0.564. The van der Waals surface area contributed by atoms with Crippen LogP contribution in [-0.2, 0) is 22.5 Å². The number of halogens is 1. The van der Waals surface area contributed by atoms with Crippen LogP contribution in [0.5, 0.6) is 0 Å². The van der Waals surface area contributed by atoms with Crippen molar-refractivity contribution < 1.29 is 18.7 Å². The van der Waals surface area contributed by atoms with E-state index in [2.05, 4.69) is 26.5 Å². The molecule has 0 radical (unpaired) electrons. The third kappa shape index (κ3) is 6.03. The number of aryl methyl sites for hydroxylation is 1. The molecule has 0 aliphatic carbocycles. The van der Waals surface area contributed by atoms with Gasteiger partial charge in [-0.2, -0.15) is 11.8 Å². The molecule has 9 nitrogen and oxygen atoms in total. The zero-order valence-corrected chi connectivity index (χ0v) is 22.6. The van der Waals surface area contributed by atoms with E-state index < -0.39 is 18.0 Å². The molecule has 39 heavy (non-hydrogen) atoms. The first-order valence-corrected chi connectivity index (χ1v) is 14.1. The number of carbonyl (C=O) groups is 2. The molecule has 0 saturated carbocycles. The van der Waals surface area contributed by atoms with Crippen molar-refractivity contribution >= 4 is 40.6 Å². The van der Waals surface area contributed by atoms with Crippen LogP contribution in [-0.4, -0.2) is 62.7 Å². The average molecular weight is 549 g/mol. The Balaban J connectivity index is 1.27. The predicted molar refractivity (Wildman–Crippen MR) is 149 cm³/mol. The lowest BCUT2D eigenvalue weighted by Crippen LogP contribution is -2.33. The van der Waals surface area contributed by atoms with Gasteiger partial charge in [-0.25, -0.2) is 24.1 Å². The van der Waals surface area contributed by atoms with Gasteiger partial charge in [-0.3, -0.25) is 9.69 Å². The molecule has 4 aromatic rings. The molecule has 2 aromatic heterocycles. The van der Waals surface area contributed by atoms with Crippen LogP contribution in [0.15, 0.2) is 55.1 Å². The van der Waals surface area contributed by atoms with Crippen molar-refractivity contribution in [3.63, 3.8) is 0 Å². The lowest BCUT2D eigenvalue weighted by atomic mass is 10.0. The highest BCUT2D eigenvalue weighted by atomic mass is 32.2. The van der Waals surface area contributed by atoms with E-state index in [0.29, 0.717) is 17.8 Å². The van der Waals surface area contributed by atoms with Gasteiger partial charge in [-0.1, -0.05) is 24.3 Å².